The van der Waals surface area contributed by atoms with Crippen molar-refractivity contribution in [1.29, 1.82) is 0 Å². The lowest BCUT2D eigenvalue weighted by Gasteiger charge is -2.22. The molecule has 1 aliphatic heterocycles. The number of imide groups is 1. The van der Waals surface area contributed by atoms with Crippen LogP contribution < -0.4 is 15.6 Å². The van der Waals surface area contributed by atoms with Gasteiger partial charge >= 0.3 is 0 Å². The van der Waals surface area contributed by atoms with E-state index in [1.165, 1.54) is 6.92 Å². The van der Waals surface area contributed by atoms with Gasteiger partial charge in [0.05, 0.1) is 25.4 Å². The van der Waals surface area contributed by atoms with Crippen LogP contribution in [0.5, 0.6) is 5.75 Å². The SMILES string of the molecule is COc1ccc(CC(=O)NNC(=O)[C@@H](C)N2C(=O)[C@H]3CC=CC[C@H]3C2=O)cc1. The fourth-order valence-electron chi connectivity index (χ4n) is 3.53. The van der Waals surface area contributed by atoms with Gasteiger partial charge < -0.3 is 4.74 Å². The normalized spacial score (nSPS) is 21.9. The molecular weight excluding hydrogens is 362 g/mol. The summed E-state index contributed by atoms with van der Waals surface area (Å²) in [5.74, 6) is -1.78. The van der Waals surface area contributed by atoms with Crippen molar-refractivity contribution in [1.82, 2.24) is 15.8 Å². The monoisotopic (exact) mass is 385 g/mol. The first kappa shape index (κ1) is 19.6. The quantitative estimate of drug-likeness (QED) is 0.442. The minimum absolute atomic E-state index is 0.0655. The molecule has 0 saturated carbocycles. The van der Waals surface area contributed by atoms with Crippen LogP contribution in [0.1, 0.15) is 25.3 Å². The molecule has 1 aromatic rings. The molecule has 28 heavy (non-hydrogen) atoms. The van der Waals surface area contributed by atoms with E-state index in [0.717, 1.165) is 10.5 Å². The number of allylic oxidation sites excluding steroid dienone is 2. The summed E-state index contributed by atoms with van der Waals surface area (Å²) in [4.78, 5) is 50.5. The first-order valence-corrected chi connectivity index (χ1v) is 9.16. The fraction of sp³-hybridized carbons (Fsp3) is 0.400. The summed E-state index contributed by atoms with van der Waals surface area (Å²) >= 11 is 0. The summed E-state index contributed by atoms with van der Waals surface area (Å²) in [5.41, 5.74) is 5.38. The molecule has 0 spiro atoms. The molecule has 1 fully saturated rings. The molecule has 0 radical (unpaired) electrons. The van der Waals surface area contributed by atoms with Gasteiger partial charge in [-0.25, -0.2) is 0 Å². The molecular formula is C20H23N3O5. The lowest BCUT2D eigenvalue weighted by molar-refractivity contribution is -0.147. The third-order valence-electron chi connectivity index (χ3n) is 5.16. The summed E-state index contributed by atoms with van der Waals surface area (Å²) in [5, 5.41) is 0. The second-order valence-electron chi connectivity index (χ2n) is 6.94. The third-order valence-corrected chi connectivity index (χ3v) is 5.16. The van der Waals surface area contributed by atoms with E-state index in [9.17, 15) is 19.2 Å². The Hall–Kier alpha value is -3.16. The molecule has 148 valence electrons. The minimum atomic E-state index is -0.994. The van der Waals surface area contributed by atoms with Gasteiger partial charge in [-0.3, -0.25) is 34.9 Å². The Morgan fingerprint density at radius 3 is 2.18 bits per heavy atom. The number of carbonyl (C=O) groups excluding carboxylic acids is 4. The van der Waals surface area contributed by atoms with Gasteiger partial charge in [0.2, 0.25) is 17.7 Å². The number of carbonyl (C=O) groups is 4. The van der Waals surface area contributed by atoms with E-state index in [0.29, 0.717) is 18.6 Å². The molecule has 1 heterocycles. The van der Waals surface area contributed by atoms with Crippen molar-refractivity contribution in [3.63, 3.8) is 0 Å². The lowest BCUT2D eigenvalue weighted by Crippen LogP contribution is -2.53. The highest BCUT2D eigenvalue weighted by Gasteiger charge is 2.50. The summed E-state index contributed by atoms with van der Waals surface area (Å²) in [6.07, 6.45) is 4.87. The average Bonchev–Trinajstić information content (AvgIpc) is 2.97. The largest absolute Gasteiger partial charge is 0.497 e. The Morgan fingerprint density at radius 1 is 1.07 bits per heavy atom. The Labute approximate surface area is 162 Å². The fourth-order valence-corrected chi connectivity index (χ4v) is 3.53. The van der Waals surface area contributed by atoms with E-state index in [-0.39, 0.29) is 18.2 Å². The predicted octanol–water partition coefficient (Wildman–Crippen LogP) is 0.725. The molecule has 1 aromatic carbocycles. The van der Waals surface area contributed by atoms with E-state index in [4.69, 9.17) is 4.74 Å². The maximum atomic E-state index is 12.5. The van der Waals surface area contributed by atoms with E-state index in [2.05, 4.69) is 10.9 Å². The van der Waals surface area contributed by atoms with Crippen molar-refractivity contribution in [3.8, 4) is 5.75 Å². The first-order valence-electron chi connectivity index (χ1n) is 9.16. The van der Waals surface area contributed by atoms with Gasteiger partial charge in [-0.05, 0) is 37.5 Å². The summed E-state index contributed by atoms with van der Waals surface area (Å²) < 4.78 is 5.06. The maximum absolute atomic E-state index is 12.5. The summed E-state index contributed by atoms with van der Waals surface area (Å²) in [6, 6.07) is 5.98. The zero-order valence-electron chi connectivity index (χ0n) is 15.8. The highest BCUT2D eigenvalue weighted by molar-refractivity contribution is 6.08. The number of benzene rings is 1. The van der Waals surface area contributed by atoms with E-state index >= 15 is 0 Å². The highest BCUT2D eigenvalue weighted by Crippen LogP contribution is 2.36. The van der Waals surface area contributed by atoms with E-state index < -0.39 is 29.7 Å². The molecule has 0 unspecified atom stereocenters. The average molecular weight is 385 g/mol. The molecule has 4 amide bonds. The molecule has 3 atom stereocenters. The van der Waals surface area contributed by atoms with Crippen LogP contribution in [0.25, 0.3) is 0 Å². The van der Waals surface area contributed by atoms with Crippen molar-refractivity contribution in [2.24, 2.45) is 11.8 Å². The molecule has 8 heteroatoms. The highest BCUT2D eigenvalue weighted by atomic mass is 16.5. The number of likely N-dealkylation sites (tertiary alicyclic amines) is 1. The first-order chi connectivity index (χ1) is 13.4. The number of nitrogens with one attached hydrogen (secondary N) is 2. The number of hydrogen-bond donors (Lipinski definition) is 2. The van der Waals surface area contributed by atoms with Crippen LogP contribution in [-0.4, -0.2) is 41.7 Å². The molecule has 2 N–H and O–H groups in total. The number of methoxy groups -OCH3 is 1. The van der Waals surface area contributed by atoms with Gasteiger partial charge in [0.1, 0.15) is 11.8 Å². The summed E-state index contributed by atoms with van der Waals surface area (Å²) in [6.45, 7) is 1.48. The van der Waals surface area contributed by atoms with Gasteiger partial charge in [-0.15, -0.1) is 0 Å². The second kappa shape index (κ2) is 8.24. The number of nitrogens with zero attached hydrogens (tertiary/aromatic N) is 1. The Balaban J connectivity index is 1.53. The van der Waals surface area contributed by atoms with Crippen LogP contribution in [0.15, 0.2) is 36.4 Å². The van der Waals surface area contributed by atoms with Crippen molar-refractivity contribution in [2.45, 2.75) is 32.2 Å². The van der Waals surface area contributed by atoms with Crippen LogP contribution >= 0.6 is 0 Å². The molecule has 2 aliphatic rings. The van der Waals surface area contributed by atoms with Crippen molar-refractivity contribution in [2.75, 3.05) is 7.11 Å². The lowest BCUT2D eigenvalue weighted by atomic mass is 9.85. The molecule has 8 nitrogen and oxygen atoms in total. The maximum Gasteiger partial charge on any atom is 0.261 e. The molecule has 0 aromatic heterocycles. The number of ether oxygens (including phenoxy) is 1. The number of hydrogen-bond acceptors (Lipinski definition) is 5. The zero-order valence-corrected chi connectivity index (χ0v) is 15.8. The van der Waals surface area contributed by atoms with Gasteiger partial charge in [0.25, 0.3) is 5.91 Å². The van der Waals surface area contributed by atoms with Crippen LogP contribution in [0, 0.1) is 11.8 Å². The number of amides is 4. The topological polar surface area (TPSA) is 105 Å². The minimum Gasteiger partial charge on any atom is -0.497 e. The van der Waals surface area contributed by atoms with Crippen LogP contribution in [-0.2, 0) is 25.6 Å². The number of rotatable bonds is 5. The number of hydrazine groups is 1. The van der Waals surface area contributed by atoms with Gasteiger partial charge in [-0.2, -0.15) is 0 Å². The van der Waals surface area contributed by atoms with Gasteiger partial charge in [0, 0.05) is 0 Å². The van der Waals surface area contributed by atoms with Gasteiger partial charge in [-0.1, -0.05) is 24.3 Å². The Kier molecular flexibility index (Phi) is 5.77. The molecule has 3 rings (SSSR count). The molecule has 1 aliphatic carbocycles. The van der Waals surface area contributed by atoms with Crippen LogP contribution in [0.2, 0.25) is 0 Å². The second-order valence-corrected chi connectivity index (χ2v) is 6.94. The summed E-state index contributed by atoms with van der Waals surface area (Å²) in [7, 11) is 1.56. The van der Waals surface area contributed by atoms with Gasteiger partial charge in [0.15, 0.2) is 0 Å². The third kappa shape index (κ3) is 3.90. The zero-order chi connectivity index (χ0) is 20.3. The standard InChI is InChI=1S/C20H23N3O5/c1-12(23-19(26)15-5-3-4-6-16(15)20(23)27)18(25)22-21-17(24)11-13-7-9-14(28-2)10-8-13/h3-4,7-10,12,15-16H,5-6,11H2,1-2H3,(H,21,24)(H,22,25)/t12-,15-,16+/m1/s1. The van der Waals surface area contributed by atoms with Crippen molar-refractivity contribution < 1.29 is 23.9 Å². The van der Waals surface area contributed by atoms with Crippen LogP contribution in [0.4, 0.5) is 0 Å². The Morgan fingerprint density at radius 2 is 1.64 bits per heavy atom. The van der Waals surface area contributed by atoms with E-state index in [1.54, 1.807) is 31.4 Å². The van der Waals surface area contributed by atoms with Crippen molar-refractivity contribution >= 4 is 23.6 Å². The number of fused-ring (bicyclic) bond motifs is 1. The van der Waals surface area contributed by atoms with Crippen molar-refractivity contribution in [3.05, 3.63) is 42.0 Å². The van der Waals surface area contributed by atoms with Crippen LogP contribution in [0.3, 0.4) is 0 Å². The smallest absolute Gasteiger partial charge is 0.261 e. The Bertz CT molecular complexity index is 792. The van der Waals surface area contributed by atoms with E-state index in [1.807, 2.05) is 12.2 Å². The predicted molar refractivity (Wildman–Crippen MR) is 99.7 cm³/mol. The molecule has 1 saturated heterocycles. The molecule has 0 bridgehead atoms.